The van der Waals surface area contributed by atoms with Crippen LogP contribution >= 0.6 is 0 Å². The highest BCUT2D eigenvalue weighted by Crippen LogP contribution is 2.26. The number of ether oxygens (including phenoxy) is 1. The van der Waals surface area contributed by atoms with Gasteiger partial charge in [-0.3, -0.25) is 9.78 Å². The van der Waals surface area contributed by atoms with Crippen molar-refractivity contribution in [1.29, 1.82) is 0 Å². The summed E-state index contributed by atoms with van der Waals surface area (Å²) in [6.07, 6.45) is 1.69. The minimum Gasteiger partial charge on any atom is -0.465 e. The number of nitrogens with zero attached hydrogens (tertiary/aromatic N) is 1. The molecule has 2 rings (SSSR count). The van der Waals surface area contributed by atoms with Crippen molar-refractivity contribution in [3.05, 3.63) is 30.5 Å². The minimum atomic E-state index is -0.286. The second kappa shape index (κ2) is 5.35. The summed E-state index contributed by atoms with van der Waals surface area (Å²) in [5.41, 5.74) is 8.01. The number of fused-ring (bicyclic) bond motifs is 1. The van der Waals surface area contributed by atoms with Gasteiger partial charge in [0.05, 0.1) is 17.8 Å². The number of nitrogen functional groups attached to an aromatic ring is 1. The summed E-state index contributed by atoms with van der Waals surface area (Å²) in [4.78, 5) is 15.5. The quantitative estimate of drug-likeness (QED) is 0.634. The van der Waals surface area contributed by atoms with Gasteiger partial charge in [-0.05, 0) is 31.2 Å². The molecule has 0 bridgehead atoms. The standard InChI is InChI=1S/C13H15N3O2/c1-2-18-12(17)8-16-11-6-5-10(14)13-9(11)4-3-7-15-13/h3-7,16H,2,8,14H2,1H3. The third kappa shape index (κ3) is 2.51. The smallest absolute Gasteiger partial charge is 0.325 e. The predicted molar refractivity (Wildman–Crippen MR) is 71.3 cm³/mol. The molecule has 0 amide bonds. The molecule has 0 fully saturated rings. The fourth-order valence-corrected chi connectivity index (χ4v) is 1.73. The van der Waals surface area contributed by atoms with Crippen LogP contribution < -0.4 is 11.1 Å². The average Bonchev–Trinajstić information content (AvgIpc) is 2.39. The van der Waals surface area contributed by atoms with Crippen LogP contribution in [0.2, 0.25) is 0 Å². The molecule has 94 valence electrons. The van der Waals surface area contributed by atoms with E-state index in [1.807, 2.05) is 18.2 Å². The highest BCUT2D eigenvalue weighted by atomic mass is 16.5. The molecule has 0 spiro atoms. The molecule has 1 aromatic heterocycles. The van der Waals surface area contributed by atoms with Gasteiger partial charge in [-0.15, -0.1) is 0 Å². The van der Waals surface area contributed by atoms with E-state index in [0.29, 0.717) is 12.3 Å². The first-order chi connectivity index (χ1) is 8.72. The summed E-state index contributed by atoms with van der Waals surface area (Å²) in [5, 5.41) is 3.92. The zero-order chi connectivity index (χ0) is 13.0. The molecule has 0 aliphatic rings. The van der Waals surface area contributed by atoms with Crippen molar-refractivity contribution in [3.8, 4) is 0 Å². The first-order valence-corrected chi connectivity index (χ1v) is 5.75. The van der Waals surface area contributed by atoms with Gasteiger partial charge in [-0.2, -0.15) is 0 Å². The van der Waals surface area contributed by atoms with Crippen LogP contribution in [0.25, 0.3) is 10.9 Å². The molecule has 3 N–H and O–H groups in total. The maximum atomic E-state index is 11.3. The van der Waals surface area contributed by atoms with Crippen molar-refractivity contribution >= 4 is 28.2 Å². The number of aromatic nitrogens is 1. The Balaban J connectivity index is 2.24. The Morgan fingerprint density at radius 3 is 3.06 bits per heavy atom. The van der Waals surface area contributed by atoms with Gasteiger partial charge in [0.25, 0.3) is 0 Å². The van der Waals surface area contributed by atoms with Crippen LogP contribution in [0, 0.1) is 0 Å². The Morgan fingerprint density at radius 2 is 2.28 bits per heavy atom. The molecule has 0 aliphatic carbocycles. The number of rotatable bonds is 4. The maximum absolute atomic E-state index is 11.3. The molecule has 1 heterocycles. The normalized spacial score (nSPS) is 10.3. The fourth-order valence-electron chi connectivity index (χ4n) is 1.73. The second-order valence-corrected chi connectivity index (χ2v) is 3.76. The number of hydrogen-bond acceptors (Lipinski definition) is 5. The Labute approximate surface area is 105 Å². The van der Waals surface area contributed by atoms with Crippen LogP contribution in [0.15, 0.2) is 30.5 Å². The van der Waals surface area contributed by atoms with Gasteiger partial charge in [-0.1, -0.05) is 0 Å². The summed E-state index contributed by atoms with van der Waals surface area (Å²) < 4.78 is 4.86. The lowest BCUT2D eigenvalue weighted by Gasteiger charge is -2.10. The topological polar surface area (TPSA) is 77.2 Å². The maximum Gasteiger partial charge on any atom is 0.325 e. The van der Waals surface area contributed by atoms with Gasteiger partial charge in [0.15, 0.2) is 0 Å². The molecule has 0 aliphatic heterocycles. The van der Waals surface area contributed by atoms with E-state index >= 15 is 0 Å². The van der Waals surface area contributed by atoms with E-state index in [1.165, 1.54) is 0 Å². The first kappa shape index (κ1) is 12.2. The Hall–Kier alpha value is -2.30. The molecular formula is C13H15N3O2. The summed E-state index contributed by atoms with van der Waals surface area (Å²) in [6.45, 7) is 2.28. The van der Waals surface area contributed by atoms with Crippen molar-refractivity contribution in [3.63, 3.8) is 0 Å². The number of anilines is 2. The van der Waals surface area contributed by atoms with E-state index in [-0.39, 0.29) is 12.5 Å². The van der Waals surface area contributed by atoms with Crippen molar-refractivity contribution in [2.45, 2.75) is 6.92 Å². The SMILES string of the molecule is CCOC(=O)CNc1ccc(N)c2ncccc12. The monoisotopic (exact) mass is 245 g/mol. The lowest BCUT2D eigenvalue weighted by molar-refractivity contribution is -0.140. The lowest BCUT2D eigenvalue weighted by atomic mass is 10.1. The van der Waals surface area contributed by atoms with Gasteiger partial charge in [0, 0.05) is 17.3 Å². The highest BCUT2D eigenvalue weighted by molar-refractivity contribution is 5.98. The molecule has 18 heavy (non-hydrogen) atoms. The van der Waals surface area contributed by atoms with E-state index in [9.17, 15) is 4.79 Å². The fraction of sp³-hybridized carbons (Fsp3) is 0.231. The Bertz CT molecular complexity index is 569. The van der Waals surface area contributed by atoms with E-state index in [2.05, 4.69) is 10.3 Å². The van der Waals surface area contributed by atoms with Crippen LogP contribution in [0.4, 0.5) is 11.4 Å². The summed E-state index contributed by atoms with van der Waals surface area (Å²) in [6, 6.07) is 7.34. The van der Waals surface area contributed by atoms with Crippen LogP contribution in [0.5, 0.6) is 0 Å². The van der Waals surface area contributed by atoms with Crippen LogP contribution in [0.1, 0.15) is 6.92 Å². The van der Waals surface area contributed by atoms with E-state index in [0.717, 1.165) is 16.6 Å². The van der Waals surface area contributed by atoms with E-state index in [1.54, 1.807) is 19.2 Å². The molecule has 0 radical (unpaired) electrons. The average molecular weight is 245 g/mol. The number of esters is 1. The first-order valence-electron chi connectivity index (χ1n) is 5.75. The zero-order valence-corrected chi connectivity index (χ0v) is 10.1. The van der Waals surface area contributed by atoms with E-state index in [4.69, 9.17) is 10.5 Å². The molecule has 0 unspecified atom stereocenters. The molecule has 2 aromatic rings. The third-order valence-electron chi connectivity index (χ3n) is 2.53. The molecule has 5 nitrogen and oxygen atoms in total. The van der Waals surface area contributed by atoms with Gasteiger partial charge in [0.1, 0.15) is 6.54 Å². The molecule has 5 heteroatoms. The summed E-state index contributed by atoms with van der Waals surface area (Å²) >= 11 is 0. The molecular weight excluding hydrogens is 230 g/mol. The minimum absolute atomic E-state index is 0.127. The number of carbonyl (C=O) groups excluding carboxylic acids is 1. The lowest BCUT2D eigenvalue weighted by Crippen LogP contribution is -2.16. The summed E-state index contributed by atoms with van der Waals surface area (Å²) in [5.74, 6) is -0.286. The van der Waals surface area contributed by atoms with Crippen molar-refractivity contribution < 1.29 is 9.53 Å². The van der Waals surface area contributed by atoms with Crippen LogP contribution in [0.3, 0.4) is 0 Å². The molecule has 0 saturated carbocycles. The van der Waals surface area contributed by atoms with Gasteiger partial charge >= 0.3 is 5.97 Å². The largest absolute Gasteiger partial charge is 0.465 e. The van der Waals surface area contributed by atoms with Gasteiger partial charge in [0.2, 0.25) is 0 Å². The van der Waals surface area contributed by atoms with Crippen molar-refractivity contribution in [2.75, 3.05) is 24.2 Å². The van der Waals surface area contributed by atoms with Crippen LogP contribution in [-0.2, 0) is 9.53 Å². The third-order valence-corrected chi connectivity index (χ3v) is 2.53. The van der Waals surface area contributed by atoms with Crippen LogP contribution in [-0.4, -0.2) is 24.1 Å². The Kier molecular flexibility index (Phi) is 3.62. The summed E-state index contributed by atoms with van der Waals surface area (Å²) in [7, 11) is 0. The van der Waals surface area contributed by atoms with Crippen molar-refractivity contribution in [1.82, 2.24) is 4.98 Å². The number of benzene rings is 1. The van der Waals surface area contributed by atoms with E-state index < -0.39 is 0 Å². The predicted octanol–water partition coefficient (Wildman–Crippen LogP) is 1.79. The number of nitrogens with one attached hydrogen (secondary N) is 1. The molecule has 1 aromatic carbocycles. The van der Waals surface area contributed by atoms with Crippen molar-refractivity contribution in [2.24, 2.45) is 0 Å². The molecule has 0 atom stereocenters. The number of hydrogen-bond donors (Lipinski definition) is 2. The Morgan fingerprint density at radius 1 is 1.44 bits per heavy atom. The number of nitrogens with two attached hydrogens (primary N) is 1. The number of pyridine rings is 1. The van der Waals surface area contributed by atoms with Gasteiger partial charge < -0.3 is 15.8 Å². The highest BCUT2D eigenvalue weighted by Gasteiger charge is 2.06. The molecule has 0 saturated heterocycles. The number of carbonyl (C=O) groups is 1. The van der Waals surface area contributed by atoms with Gasteiger partial charge in [-0.25, -0.2) is 0 Å². The zero-order valence-electron chi connectivity index (χ0n) is 10.1. The second-order valence-electron chi connectivity index (χ2n) is 3.76.